The molecule has 1 saturated carbocycles. The zero-order chi connectivity index (χ0) is 23.0. The third kappa shape index (κ3) is 6.14. The Bertz CT molecular complexity index is 1130. The van der Waals surface area contributed by atoms with E-state index in [2.05, 4.69) is 55.7 Å². The van der Waals surface area contributed by atoms with Crippen molar-refractivity contribution in [3.63, 3.8) is 0 Å². The minimum absolute atomic E-state index is 0.213. The van der Waals surface area contributed by atoms with Crippen LogP contribution in [0.4, 0.5) is 4.39 Å². The molecule has 0 atom stereocenters. The minimum Gasteiger partial charge on any atom is -0.205 e. The molecular formula is C32H35F. The maximum absolute atomic E-state index is 15.1. The summed E-state index contributed by atoms with van der Waals surface area (Å²) in [6.45, 7) is 6.06. The lowest BCUT2D eigenvalue weighted by atomic mass is 9.78. The quantitative estimate of drug-likeness (QED) is 0.256. The van der Waals surface area contributed by atoms with Gasteiger partial charge in [0.1, 0.15) is 5.82 Å². The number of halogens is 1. The van der Waals surface area contributed by atoms with Crippen LogP contribution in [0.15, 0.2) is 67.3 Å². The largest absolute Gasteiger partial charge is 0.205 e. The summed E-state index contributed by atoms with van der Waals surface area (Å²) in [6.07, 6.45) is 13.1. The van der Waals surface area contributed by atoms with E-state index in [0.717, 1.165) is 42.0 Å². The number of benzene rings is 3. The van der Waals surface area contributed by atoms with Gasteiger partial charge in [-0.05, 0) is 85.1 Å². The normalized spacial score (nSPS) is 18.0. The fourth-order valence-corrected chi connectivity index (χ4v) is 5.14. The van der Waals surface area contributed by atoms with Gasteiger partial charge in [-0.3, -0.25) is 0 Å². The van der Waals surface area contributed by atoms with E-state index >= 15 is 4.39 Å². The van der Waals surface area contributed by atoms with Crippen LogP contribution in [0.1, 0.15) is 74.1 Å². The Morgan fingerprint density at radius 2 is 1.61 bits per heavy atom. The fourth-order valence-electron chi connectivity index (χ4n) is 5.14. The van der Waals surface area contributed by atoms with Crippen molar-refractivity contribution in [2.45, 2.75) is 64.7 Å². The molecule has 0 spiro atoms. The molecule has 0 aliphatic heterocycles. The van der Waals surface area contributed by atoms with Crippen molar-refractivity contribution in [3.8, 4) is 11.8 Å². The number of fused-ring (bicyclic) bond motifs is 1. The van der Waals surface area contributed by atoms with Crippen molar-refractivity contribution in [1.82, 2.24) is 0 Å². The molecule has 0 unspecified atom stereocenters. The van der Waals surface area contributed by atoms with E-state index in [4.69, 9.17) is 0 Å². The van der Waals surface area contributed by atoms with Crippen LogP contribution >= 0.6 is 0 Å². The summed E-state index contributed by atoms with van der Waals surface area (Å²) >= 11 is 0. The summed E-state index contributed by atoms with van der Waals surface area (Å²) in [5.74, 6) is 7.62. The standard InChI is InChI=1S/C32H35F/c1-3-5-24-7-11-26(12-8-24)15-16-28-18-22-31-30(23-28)21-20-29(32(31)33)19-17-27-13-9-25(6-4-2)10-14-27/h3,9-10,13-14,18,20-24,26H,1,4-8,11-12,15-16H2,2H3. The Morgan fingerprint density at radius 1 is 0.879 bits per heavy atom. The second kappa shape index (κ2) is 11.3. The molecule has 3 aromatic rings. The van der Waals surface area contributed by atoms with Crippen LogP contribution in [0.3, 0.4) is 0 Å². The lowest BCUT2D eigenvalue weighted by Gasteiger charge is -2.27. The summed E-state index contributed by atoms with van der Waals surface area (Å²) < 4.78 is 15.1. The Morgan fingerprint density at radius 3 is 2.33 bits per heavy atom. The second-order valence-corrected chi connectivity index (χ2v) is 9.63. The molecule has 0 nitrogen and oxygen atoms in total. The summed E-state index contributed by atoms with van der Waals surface area (Å²) in [7, 11) is 0. The predicted molar refractivity (Wildman–Crippen MR) is 139 cm³/mol. The lowest BCUT2D eigenvalue weighted by Crippen LogP contribution is -2.14. The molecule has 0 heterocycles. The predicted octanol–water partition coefficient (Wildman–Crippen LogP) is 8.65. The van der Waals surface area contributed by atoms with Crippen LogP contribution in [0.25, 0.3) is 10.8 Å². The van der Waals surface area contributed by atoms with Crippen LogP contribution in [0, 0.1) is 29.5 Å². The smallest absolute Gasteiger partial charge is 0.146 e. The van der Waals surface area contributed by atoms with Gasteiger partial charge >= 0.3 is 0 Å². The van der Waals surface area contributed by atoms with Crippen molar-refractivity contribution in [2.24, 2.45) is 11.8 Å². The highest BCUT2D eigenvalue weighted by Gasteiger charge is 2.20. The number of rotatable bonds is 7. The van der Waals surface area contributed by atoms with E-state index in [0.29, 0.717) is 10.9 Å². The maximum Gasteiger partial charge on any atom is 0.146 e. The summed E-state index contributed by atoms with van der Waals surface area (Å²) in [5.41, 5.74) is 4.00. The molecule has 1 heteroatoms. The van der Waals surface area contributed by atoms with Gasteiger partial charge in [-0.1, -0.05) is 80.5 Å². The highest BCUT2D eigenvalue weighted by atomic mass is 19.1. The van der Waals surface area contributed by atoms with Crippen LogP contribution in [-0.2, 0) is 12.8 Å². The molecule has 0 radical (unpaired) electrons. The van der Waals surface area contributed by atoms with Gasteiger partial charge in [0.2, 0.25) is 0 Å². The Labute approximate surface area is 198 Å². The summed E-state index contributed by atoms with van der Waals surface area (Å²) in [6, 6.07) is 18.3. The number of hydrogen-bond donors (Lipinski definition) is 0. The van der Waals surface area contributed by atoms with E-state index in [1.165, 1.54) is 49.7 Å². The van der Waals surface area contributed by atoms with Crippen LogP contribution in [-0.4, -0.2) is 0 Å². The molecule has 0 aromatic heterocycles. The second-order valence-electron chi connectivity index (χ2n) is 9.63. The average Bonchev–Trinajstić information content (AvgIpc) is 2.84. The fraction of sp³-hybridized carbons (Fsp3) is 0.375. The zero-order valence-corrected chi connectivity index (χ0v) is 19.9. The topological polar surface area (TPSA) is 0 Å². The molecule has 170 valence electrons. The van der Waals surface area contributed by atoms with Gasteiger partial charge in [-0.15, -0.1) is 6.58 Å². The van der Waals surface area contributed by atoms with Gasteiger partial charge in [0.15, 0.2) is 0 Å². The third-order valence-electron chi connectivity index (χ3n) is 7.16. The van der Waals surface area contributed by atoms with Gasteiger partial charge in [0.05, 0.1) is 5.56 Å². The first-order valence-electron chi connectivity index (χ1n) is 12.6. The Kier molecular flexibility index (Phi) is 8.01. The van der Waals surface area contributed by atoms with Crippen molar-refractivity contribution < 1.29 is 4.39 Å². The van der Waals surface area contributed by atoms with Gasteiger partial charge in [0, 0.05) is 10.9 Å². The molecular weight excluding hydrogens is 403 g/mol. The van der Waals surface area contributed by atoms with Crippen molar-refractivity contribution in [3.05, 3.63) is 95.3 Å². The Hall–Kier alpha value is -2.85. The van der Waals surface area contributed by atoms with Gasteiger partial charge in [0.25, 0.3) is 0 Å². The molecule has 0 amide bonds. The van der Waals surface area contributed by atoms with Gasteiger partial charge in [-0.25, -0.2) is 4.39 Å². The molecule has 1 aliphatic rings. The first-order chi connectivity index (χ1) is 16.2. The molecule has 3 aromatic carbocycles. The first kappa shape index (κ1) is 23.3. The van der Waals surface area contributed by atoms with Crippen LogP contribution in [0.2, 0.25) is 0 Å². The molecule has 0 N–H and O–H groups in total. The zero-order valence-electron chi connectivity index (χ0n) is 19.9. The van der Waals surface area contributed by atoms with E-state index in [-0.39, 0.29) is 5.82 Å². The third-order valence-corrected chi connectivity index (χ3v) is 7.16. The number of aryl methyl sites for hydroxylation is 2. The van der Waals surface area contributed by atoms with E-state index in [1.807, 2.05) is 30.3 Å². The van der Waals surface area contributed by atoms with Crippen molar-refractivity contribution in [2.75, 3.05) is 0 Å². The van der Waals surface area contributed by atoms with Crippen LogP contribution < -0.4 is 0 Å². The van der Waals surface area contributed by atoms with Gasteiger partial charge in [-0.2, -0.15) is 0 Å². The molecule has 4 rings (SSSR count). The Balaban J connectivity index is 1.41. The monoisotopic (exact) mass is 438 g/mol. The van der Waals surface area contributed by atoms with E-state index in [9.17, 15) is 0 Å². The van der Waals surface area contributed by atoms with Crippen LogP contribution in [0.5, 0.6) is 0 Å². The molecule has 1 aliphatic carbocycles. The molecule has 1 fully saturated rings. The number of hydrogen-bond acceptors (Lipinski definition) is 0. The highest BCUT2D eigenvalue weighted by Crippen LogP contribution is 2.33. The average molecular weight is 439 g/mol. The first-order valence-corrected chi connectivity index (χ1v) is 12.6. The van der Waals surface area contributed by atoms with E-state index in [1.54, 1.807) is 0 Å². The highest BCUT2D eigenvalue weighted by molar-refractivity contribution is 5.85. The molecule has 0 bridgehead atoms. The molecule has 0 saturated heterocycles. The maximum atomic E-state index is 15.1. The van der Waals surface area contributed by atoms with E-state index < -0.39 is 0 Å². The molecule has 33 heavy (non-hydrogen) atoms. The summed E-state index contributed by atoms with van der Waals surface area (Å²) in [4.78, 5) is 0. The minimum atomic E-state index is -0.213. The lowest BCUT2D eigenvalue weighted by molar-refractivity contribution is 0.265. The SMILES string of the molecule is C=CCC1CCC(CCc2ccc3c(F)c(C#Cc4ccc(CCC)cc4)ccc3c2)CC1. The summed E-state index contributed by atoms with van der Waals surface area (Å²) in [5, 5.41) is 1.63. The van der Waals surface area contributed by atoms with Gasteiger partial charge < -0.3 is 0 Å². The number of allylic oxidation sites excluding steroid dienone is 1. The van der Waals surface area contributed by atoms with Crippen molar-refractivity contribution >= 4 is 10.8 Å². The van der Waals surface area contributed by atoms with Crippen molar-refractivity contribution in [1.29, 1.82) is 0 Å².